The van der Waals surface area contributed by atoms with Gasteiger partial charge in [-0.3, -0.25) is 13.9 Å². The highest BCUT2D eigenvalue weighted by Crippen LogP contribution is 2.26. The van der Waals surface area contributed by atoms with Crippen molar-refractivity contribution in [3.63, 3.8) is 0 Å². The van der Waals surface area contributed by atoms with Gasteiger partial charge in [-0.05, 0) is 0 Å². The fourth-order valence-corrected chi connectivity index (χ4v) is 1.51. The van der Waals surface area contributed by atoms with Crippen LogP contribution in [0, 0.1) is 0 Å². The second-order valence-corrected chi connectivity index (χ2v) is 4.99. The molecule has 126 valence electrons. The molecule has 1 amide bonds. The molecule has 0 aromatic carbocycles. The number of hydrogen-bond acceptors (Lipinski definition) is 9. The lowest BCUT2D eigenvalue weighted by Crippen LogP contribution is -2.71. The quantitative estimate of drug-likeness (QED) is 0.178. The van der Waals surface area contributed by atoms with Crippen LogP contribution < -0.4 is 5.32 Å². The minimum absolute atomic E-state index is 0.688. The van der Waals surface area contributed by atoms with Crippen molar-refractivity contribution in [1.29, 1.82) is 0 Å². The van der Waals surface area contributed by atoms with Gasteiger partial charge < -0.3 is 35.6 Å². The van der Waals surface area contributed by atoms with Crippen molar-refractivity contribution in [2.24, 2.45) is 0 Å². The van der Waals surface area contributed by atoms with E-state index in [1.807, 2.05) is 5.32 Å². The molecular formula is C8H17NO11S. The topological polar surface area (TPSA) is 214 Å². The van der Waals surface area contributed by atoms with Crippen LogP contribution in [0.5, 0.6) is 0 Å². The maximum absolute atomic E-state index is 10.8. The molecule has 1 rings (SSSR count). The summed E-state index contributed by atoms with van der Waals surface area (Å²) in [5, 5.41) is 48.6. The Balaban J connectivity index is 0.000000690. The summed E-state index contributed by atoms with van der Waals surface area (Å²) in [5.41, 5.74) is 0. The molecule has 0 aromatic rings. The first kappa shape index (κ1) is 20.1. The van der Waals surface area contributed by atoms with E-state index in [4.69, 9.17) is 27.4 Å². The van der Waals surface area contributed by atoms with E-state index in [1.165, 1.54) is 0 Å². The van der Waals surface area contributed by atoms with E-state index in [0.717, 1.165) is 6.92 Å². The molecule has 13 heteroatoms. The molecule has 0 spiro atoms. The van der Waals surface area contributed by atoms with Crippen LogP contribution in [0.2, 0.25) is 0 Å². The summed E-state index contributed by atoms with van der Waals surface area (Å²) in [6.45, 7) is 0.381. The van der Waals surface area contributed by atoms with Gasteiger partial charge in [0, 0.05) is 6.92 Å². The minimum atomic E-state index is -4.67. The number of hydrogen-bond donors (Lipinski definition) is 8. The van der Waals surface area contributed by atoms with Crippen LogP contribution in [-0.4, -0.2) is 85.9 Å². The number of nitrogens with one attached hydrogen (secondary N) is 1. The van der Waals surface area contributed by atoms with Crippen LogP contribution in [0.4, 0.5) is 0 Å². The Hall–Kier alpha value is -0.900. The van der Waals surface area contributed by atoms with Crippen molar-refractivity contribution in [2.75, 3.05) is 6.61 Å². The maximum Gasteiger partial charge on any atom is 0.394 e. The van der Waals surface area contributed by atoms with Crippen molar-refractivity contribution in [2.45, 2.75) is 37.3 Å². The van der Waals surface area contributed by atoms with Crippen LogP contribution in [0.1, 0.15) is 6.92 Å². The second-order valence-electron chi connectivity index (χ2n) is 4.09. The predicted octanol–water partition coefficient (Wildman–Crippen LogP) is -4.41. The zero-order valence-electron chi connectivity index (χ0n) is 10.7. The van der Waals surface area contributed by atoms with Crippen molar-refractivity contribution >= 4 is 16.3 Å². The van der Waals surface area contributed by atoms with Crippen LogP contribution in [-0.2, 0) is 19.9 Å². The Morgan fingerprint density at radius 1 is 1.24 bits per heavy atom. The molecule has 1 aliphatic heterocycles. The van der Waals surface area contributed by atoms with Gasteiger partial charge in [0.2, 0.25) is 5.91 Å². The lowest BCUT2D eigenvalue weighted by Gasteiger charge is -2.44. The highest BCUT2D eigenvalue weighted by atomic mass is 32.3. The van der Waals surface area contributed by atoms with E-state index >= 15 is 0 Å². The highest BCUT2D eigenvalue weighted by Gasteiger charge is 2.53. The van der Waals surface area contributed by atoms with E-state index in [0.29, 0.717) is 0 Å². The lowest BCUT2D eigenvalue weighted by atomic mass is 9.96. The van der Waals surface area contributed by atoms with Crippen LogP contribution in [0.25, 0.3) is 0 Å². The summed E-state index contributed by atoms with van der Waals surface area (Å²) in [6, 6.07) is 0. The zero-order chi connectivity index (χ0) is 17.0. The summed E-state index contributed by atoms with van der Waals surface area (Å²) >= 11 is 0. The van der Waals surface area contributed by atoms with E-state index < -0.39 is 53.2 Å². The van der Waals surface area contributed by atoms with E-state index in [-0.39, 0.29) is 0 Å². The number of amides is 1. The SMILES string of the molecule is CC(=O)NC1(O)O[C@H](CO)[C@@H](O)[C@H](O)[C@H]1O.O=S(=O)(O)O. The molecule has 1 saturated heterocycles. The van der Waals surface area contributed by atoms with Crippen LogP contribution in [0.15, 0.2) is 0 Å². The molecule has 1 unspecified atom stereocenters. The average Bonchev–Trinajstić information content (AvgIpc) is 2.28. The van der Waals surface area contributed by atoms with Gasteiger partial charge in [-0.25, -0.2) is 0 Å². The summed E-state index contributed by atoms with van der Waals surface area (Å²) < 4.78 is 36.3. The van der Waals surface area contributed by atoms with Gasteiger partial charge in [-0.1, -0.05) is 0 Å². The Bertz CT molecular complexity index is 443. The monoisotopic (exact) mass is 335 g/mol. The third-order valence-corrected chi connectivity index (χ3v) is 2.32. The van der Waals surface area contributed by atoms with Gasteiger partial charge in [-0.15, -0.1) is 0 Å². The zero-order valence-corrected chi connectivity index (χ0v) is 11.5. The fraction of sp³-hybridized carbons (Fsp3) is 0.875. The van der Waals surface area contributed by atoms with Gasteiger partial charge in [0.1, 0.15) is 18.3 Å². The summed E-state index contributed by atoms with van der Waals surface area (Å²) in [7, 11) is -4.67. The molecule has 0 aromatic heterocycles. The molecule has 8 N–H and O–H groups in total. The van der Waals surface area contributed by atoms with Crippen molar-refractivity contribution in [3.05, 3.63) is 0 Å². The number of carbonyl (C=O) groups excluding carboxylic acids is 1. The Kier molecular flexibility index (Phi) is 7.07. The number of rotatable bonds is 2. The molecule has 12 nitrogen and oxygen atoms in total. The molecule has 0 radical (unpaired) electrons. The number of carbonyl (C=O) groups is 1. The van der Waals surface area contributed by atoms with E-state index in [2.05, 4.69) is 0 Å². The van der Waals surface area contributed by atoms with Gasteiger partial charge >= 0.3 is 10.4 Å². The van der Waals surface area contributed by atoms with Gasteiger partial charge in [0.25, 0.3) is 5.91 Å². The Morgan fingerprint density at radius 3 is 2.00 bits per heavy atom. The molecule has 0 saturated carbocycles. The van der Waals surface area contributed by atoms with Gasteiger partial charge in [0.05, 0.1) is 6.61 Å². The molecule has 1 aliphatic rings. The average molecular weight is 335 g/mol. The third-order valence-electron chi connectivity index (χ3n) is 2.32. The van der Waals surface area contributed by atoms with E-state index in [9.17, 15) is 25.2 Å². The van der Waals surface area contributed by atoms with Crippen molar-refractivity contribution in [3.8, 4) is 0 Å². The maximum atomic E-state index is 10.8. The third kappa shape index (κ3) is 6.60. The Labute approximate surface area is 119 Å². The first-order valence-corrected chi connectivity index (χ1v) is 6.75. The number of aliphatic hydroxyl groups excluding tert-OH is 4. The molecule has 0 bridgehead atoms. The largest absolute Gasteiger partial charge is 0.394 e. The lowest BCUT2D eigenvalue weighted by molar-refractivity contribution is -0.358. The van der Waals surface area contributed by atoms with Crippen LogP contribution in [0.3, 0.4) is 0 Å². The van der Waals surface area contributed by atoms with Crippen molar-refractivity contribution < 1.29 is 52.6 Å². The molecular weight excluding hydrogens is 318 g/mol. The molecule has 1 heterocycles. The molecule has 21 heavy (non-hydrogen) atoms. The van der Waals surface area contributed by atoms with Gasteiger partial charge in [0.15, 0.2) is 6.10 Å². The van der Waals surface area contributed by atoms with E-state index in [1.54, 1.807) is 0 Å². The normalized spacial score (nSPS) is 36.4. The number of aliphatic hydroxyl groups is 5. The van der Waals surface area contributed by atoms with Gasteiger partial charge in [-0.2, -0.15) is 8.42 Å². The van der Waals surface area contributed by atoms with Crippen LogP contribution >= 0.6 is 0 Å². The first-order valence-electron chi connectivity index (χ1n) is 5.35. The summed E-state index contributed by atoms with van der Waals surface area (Å²) in [4.78, 5) is 10.8. The summed E-state index contributed by atoms with van der Waals surface area (Å²) in [5.74, 6) is -3.24. The number of ether oxygens (including phenoxy) is 1. The molecule has 1 fully saturated rings. The standard InChI is InChI=1S/C8H15NO7.H2O4S/c1-3(11)9-8(15)7(14)6(13)5(12)4(2-10)16-8;1-5(2,3)4/h4-7,10,12-15H,2H2,1H3,(H,9,11);(H2,1,2,3,4)/t4-,5-,6+,7-,8?;/m1./s1. The minimum Gasteiger partial charge on any atom is -0.394 e. The second kappa shape index (κ2) is 7.39. The highest BCUT2D eigenvalue weighted by molar-refractivity contribution is 7.79. The predicted molar refractivity (Wildman–Crippen MR) is 62.9 cm³/mol. The fourth-order valence-electron chi connectivity index (χ4n) is 1.51. The Morgan fingerprint density at radius 2 is 1.67 bits per heavy atom. The molecule has 0 aliphatic carbocycles. The smallest absolute Gasteiger partial charge is 0.394 e. The van der Waals surface area contributed by atoms with Crippen molar-refractivity contribution in [1.82, 2.24) is 5.32 Å². The first-order chi connectivity index (χ1) is 9.31. The summed E-state index contributed by atoms with van der Waals surface area (Å²) in [6.07, 6.45) is -6.54. The molecule has 5 atom stereocenters.